The van der Waals surface area contributed by atoms with Gasteiger partial charge in [0.05, 0.1) is 20.8 Å². The van der Waals surface area contributed by atoms with Gasteiger partial charge in [0, 0.05) is 18.0 Å². The molecule has 1 aromatic carbocycles. The van der Waals surface area contributed by atoms with Gasteiger partial charge in [0.15, 0.2) is 17.3 Å². The van der Waals surface area contributed by atoms with Crippen molar-refractivity contribution in [3.63, 3.8) is 0 Å². The zero-order chi connectivity index (χ0) is 16.5. The van der Waals surface area contributed by atoms with Gasteiger partial charge in [-0.3, -0.25) is 4.68 Å². The van der Waals surface area contributed by atoms with Crippen LogP contribution in [0.15, 0.2) is 36.7 Å². The minimum Gasteiger partial charge on any atom is -0.493 e. The van der Waals surface area contributed by atoms with Gasteiger partial charge in [-0.25, -0.2) is 0 Å². The van der Waals surface area contributed by atoms with Crippen molar-refractivity contribution in [3.8, 4) is 22.9 Å². The summed E-state index contributed by atoms with van der Waals surface area (Å²) in [5.74, 6) is 1.97. The average Bonchev–Trinajstić information content (AvgIpc) is 3.32. The van der Waals surface area contributed by atoms with Crippen LogP contribution in [0.5, 0.6) is 11.5 Å². The van der Waals surface area contributed by atoms with E-state index in [4.69, 9.17) is 9.47 Å². The van der Waals surface area contributed by atoms with E-state index >= 15 is 0 Å². The molecule has 9 heteroatoms. The summed E-state index contributed by atoms with van der Waals surface area (Å²) in [5, 5.41) is 18.2. The van der Waals surface area contributed by atoms with Crippen molar-refractivity contribution < 1.29 is 9.47 Å². The normalized spacial score (nSPS) is 11.1. The second-order valence-corrected chi connectivity index (χ2v) is 6.03. The van der Waals surface area contributed by atoms with Crippen molar-refractivity contribution in [2.45, 2.75) is 6.54 Å². The van der Waals surface area contributed by atoms with Crippen LogP contribution in [0.3, 0.4) is 0 Å². The van der Waals surface area contributed by atoms with Crippen LogP contribution in [0.25, 0.3) is 16.3 Å². The van der Waals surface area contributed by atoms with Crippen molar-refractivity contribution in [1.82, 2.24) is 29.6 Å². The lowest BCUT2D eigenvalue weighted by Crippen LogP contribution is -2.00. The molecule has 3 aromatic heterocycles. The first-order chi connectivity index (χ1) is 11.8. The highest BCUT2D eigenvalue weighted by molar-refractivity contribution is 7.16. The van der Waals surface area contributed by atoms with E-state index in [2.05, 4.69) is 20.4 Å². The summed E-state index contributed by atoms with van der Waals surface area (Å²) >= 11 is 1.49. The first-order valence-corrected chi connectivity index (χ1v) is 8.01. The number of fused-ring (bicyclic) bond motifs is 1. The molecular weight excluding hydrogens is 328 g/mol. The Balaban J connectivity index is 1.73. The second-order valence-electron chi connectivity index (χ2n) is 4.99. The predicted molar refractivity (Wildman–Crippen MR) is 88.5 cm³/mol. The summed E-state index contributed by atoms with van der Waals surface area (Å²) in [6.07, 6.45) is 3.65. The first kappa shape index (κ1) is 14.6. The van der Waals surface area contributed by atoms with Crippen molar-refractivity contribution in [2.75, 3.05) is 14.2 Å². The van der Waals surface area contributed by atoms with Gasteiger partial charge in [0.2, 0.25) is 4.96 Å². The highest BCUT2D eigenvalue weighted by atomic mass is 32.1. The summed E-state index contributed by atoms with van der Waals surface area (Å²) in [5.41, 5.74) is 0.857. The lowest BCUT2D eigenvalue weighted by atomic mass is 10.2. The molecule has 0 spiro atoms. The molecular formula is C15H14N6O2S. The zero-order valence-corrected chi connectivity index (χ0v) is 13.9. The van der Waals surface area contributed by atoms with Crippen molar-refractivity contribution in [3.05, 3.63) is 41.7 Å². The van der Waals surface area contributed by atoms with Crippen LogP contribution in [-0.2, 0) is 6.54 Å². The summed E-state index contributed by atoms with van der Waals surface area (Å²) in [7, 11) is 3.21. The van der Waals surface area contributed by atoms with Gasteiger partial charge in [-0.1, -0.05) is 11.3 Å². The quantitative estimate of drug-likeness (QED) is 0.553. The van der Waals surface area contributed by atoms with Crippen molar-refractivity contribution >= 4 is 16.3 Å². The standard InChI is InChI=1S/C15H14N6O2S/c1-22-11-5-4-10(8-12(11)23-2)14-17-18-15-21(14)19-13(24-15)9-20-7-3-6-16-20/h3-8H,9H2,1-2H3. The molecule has 24 heavy (non-hydrogen) atoms. The smallest absolute Gasteiger partial charge is 0.235 e. The topological polar surface area (TPSA) is 79.4 Å². The fourth-order valence-corrected chi connectivity index (χ4v) is 3.23. The Kier molecular flexibility index (Phi) is 3.62. The molecule has 0 saturated heterocycles. The molecule has 4 rings (SSSR count). The third kappa shape index (κ3) is 2.48. The molecule has 0 aliphatic heterocycles. The SMILES string of the molecule is COc1ccc(-c2nnc3sc(Cn4cccn4)nn23)cc1OC. The highest BCUT2D eigenvalue weighted by Gasteiger charge is 2.15. The van der Waals surface area contributed by atoms with Crippen LogP contribution in [-0.4, -0.2) is 43.8 Å². The van der Waals surface area contributed by atoms with Gasteiger partial charge in [-0.2, -0.15) is 14.7 Å². The molecule has 0 fully saturated rings. The third-order valence-electron chi connectivity index (χ3n) is 3.53. The maximum absolute atomic E-state index is 5.35. The van der Waals surface area contributed by atoms with E-state index in [1.165, 1.54) is 11.3 Å². The van der Waals surface area contributed by atoms with Crippen LogP contribution in [0.2, 0.25) is 0 Å². The van der Waals surface area contributed by atoms with E-state index in [0.717, 1.165) is 15.5 Å². The van der Waals surface area contributed by atoms with E-state index in [-0.39, 0.29) is 0 Å². The van der Waals surface area contributed by atoms with E-state index in [1.807, 2.05) is 35.1 Å². The Morgan fingerprint density at radius 2 is 2.00 bits per heavy atom. The Hall–Kier alpha value is -2.94. The fourth-order valence-electron chi connectivity index (χ4n) is 2.41. The molecule has 3 heterocycles. The molecule has 4 aromatic rings. The molecule has 0 unspecified atom stereocenters. The number of nitrogens with zero attached hydrogens (tertiary/aromatic N) is 6. The number of rotatable bonds is 5. The molecule has 0 amide bonds. The number of benzene rings is 1. The van der Waals surface area contributed by atoms with E-state index in [1.54, 1.807) is 24.9 Å². The van der Waals surface area contributed by atoms with E-state index in [9.17, 15) is 0 Å². The fraction of sp³-hybridized carbons (Fsp3) is 0.200. The molecule has 0 saturated carbocycles. The Labute approximate surface area is 141 Å². The first-order valence-electron chi connectivity index (χ1n) is 7.19. The summed E-state index contributed by atoms with van der Waals surface area (Å²) in [4.78, 5) is 0.738. The summed E-state index contributed by atoms with van der Waals surface area (Å²) in [6.45, 7) is 0.604. The van der Waals surface area contributed by atoms with Gasteiger partial charge in [0.25, 0.3) is 0 Å². The van der Waals surface area contributed by atoms with Gasteiger partial charge in [-0.05, 0) is 24.3 Å². The molecule has 0 radical (unpaired) electrons. The Bertz CT molecular complexity index is 975. The molecule has 122 valence electrons. The van der Waals surface area contributed by atoms with Crippen LogP contribution in [0.1, 0.15) is 5.01 Å². The Morgan fingerprint density at radius 3 is 2.75 bits per heavy atom. The minimum absolute atomic E-state index is 0.604. The molecule has 0 aliphatic rings. The number of hydrogen-bond donors (Lipinski definition) is 0. The predicted octanol–water partition coefficient (Wildman–Crippen LogP) is 2.11. The van der Waals surface area contributed by atoms with Crippen LogP contribution < -0.4 is 9.47 Å². The largest absolute Gasteiger partial charge is 0.493 e. The monoisotopic (exact) mass is 342 g/mol. The molecule has 0 aliphatic carbocycles. The van der Waals surface area contributed by atoms with Crippen LogP contribution in [0, 0.1) is 0 Å². The lowest BCUT2D eigenvalue weighted by molar-refractivity contribution is 0.355. The van der Waals surface area contributed by atoms with Gasteiger partial charge in [-0.15, -0.1) is 10.2 Å². The molecule has 0 atom stereocenters. The number of hydrogen-bond acceptors (Lipinski definition) is 7. The number of methoxy groups -OCH3 is 2. The van der Waals surface area contributed by atoms with E-state index < -0.39 is 0 Å². The minimum atomic E-state index is 0.604. The molecule has 0 bridgehead atoms. The lowest BCUT2D eigenvalue weighted by Gasteiger charge is -2.08. The van der Waals surface area contributed by atoms with E-state index in [0.29, 0.717) is 23.9 Å². The van der Waals surface area contributed by atoms with Crippen molar-refractivity contribution in [1.29, 1.82) is 0 Å². The number of aromatic nitrogens is 6. The van der Waals surface area contributed by atoms with Gasteiger partial charge in [0.1, 0.15) is 5.01 Å². The Morgan fingerprint density at radius 1 is 1.12 bits per heavy atom. The second kappa shape index (κ2) is 5.93. The third-order valence-corrected chi connectivity index (χ3v) is 4.41. The van der Waals surface area contributed by atoms with Gasteiger partial charge < -0.3 is 9.47 Å². The molecule has 0 N–H and O–H groups in total. The summed E-state index contributed by atoms with van der Waals surface area (Å²) < 4.78 is 14.2. The maximum atomic E-state index is 5.35. The maximum Gasteiger partial charge on any atom is 0.235 e. The van der Waals surface area contributed by atoms with Crippen LogP contribution >= 0.6 is 11.3 Å². The number of ether oxygens (including phenoxy) is 2. The van der Waals surface area contributed by atoms with Crippen LogP contribution in [0.4, 0.5) is 0 Å². The van der Waals surface area contributed by atoms with Gasteiger partial charge >= 0.3 is 0 Å². The summed E-state index contributed by atoms with van der Waals surface area (Å²) in [6, 6.07) is 7.49. The highest BCUT2D eigenvalue weighted by Crippen LogP contribution is 2.32. The van der Waals surface area contributed by atoms with Crippen molar-refractivity contribution in [2.24, 2.45) is 0 Å². The molecule has 8 nitrogen and oxygen atoms in total. The zero-order valence-electron chi connectivity index (χ0n) is 13.1. The average molecular weight is 342 g/mol.